The number of carbonyl (C=O) groups excluding carboxylic acids is 3. The van der Waals surface area contributed by atoms with Crippen LogP contribution in [0.3, 0.4) is 0 Å². The van der Waals surface area contributed by atoms with E-state index < -0.39 is 76.6 Å². The van der Waals surface area contributed by atoms with Crippen LogP contribution >= 0.6 is 11.8 Å². The third kappa shape index (κ3) is 8.51. The first kappa shape index (κ1) is 38.7. The highest BCUT2D eigenvalue weighted by atomic mass is 32.2. The molecule has 288 valence electrons. The van der Waals surface area contributed by atoms with Gasteiger partial charge < -0.3 is 34.1 Å². The maximum absolute atomic E-state index is 14.1. The number of nitrogens with one attached hydrogen (secondary N) is 1. The van der Waals surface area contributed by atoms with Gasteiger partial charge in [-0.3, -0.25) is 14.4 Å². The van der Waals surface area contributed by atoms with Crippen LogP contribution in [-0.4, -0.2) is 125 Å². The molecule has 18 nitrogen and oxygen atoms in total. The average molecular weight is 778 g/mol. The number of esters is 2. The van der Waals surface area contributed by atoms with Gasteiger partial charge in [0.15, 0.2) is 29.4 Å². The lowest BCUT2D eigenvalue weighted by Crippen LogP contribution is -2.58. The summed E-state index contributed by atoms with van der Waals surface area (Å²) < 4.78 is 73.7. The number of aliphatic hydroxyl groups is 1. The Hall–Kier alpha value is -5.03. The van der Waals surface area contributed by atoms with Gasteiger partial charge in [-0.15, -0.1) is 22.0 Å². The van der Waals surface area contributed by atoms with E-state index in [1.165, 1.54) is 55.0 Å². The Kier molecular flexibility index (Phi) is 11.9. The molecule has 0 spiro atoms. The average Bonchev–Trinajstić information content (AvgIpc) is 3.82. The van der Waals surface area contributed by atoms with Gasteiger partial charge in [0.1, 0.15) is 53.5 Å². The molecular weight excluding hydrogens is 743 g/mol. The molecule has 2 N–H and O–H groups in total. The summed E-state index contributed by atoms with van der Waals surface area (Å²) in [4.78, 5) is 44.2. The molecule has 6 rings (SSSR count). The Morgan fingerprint density at radius 2 is 1.70 bits per heavy atom. The van der Waals surface area contributed by atoms with Crippen molar-refractivity contribution in [1.29, 1.82) is 0 Å². The van der Waals surface area contributed by atoms with Crippen molar-refractivity contribution in [3.8, 4) is 22.8 Å². The van der Waals surface area contributed by atoms with Gasteiger partial charge >= 0.3 is 11.9 Å². The molecule has 1 amide bonds. The summed E-state index contributed by atoms with van der Waals surface area (Å²) in [5, 5.41) is 30.0. The van der Waals surface area contributed by atoms with Gasteiger partial charge in [0.05, 0.1) is 37.0 Å². The van der Waals surface area contributed by atoms with Crippen LogP contribution in [0.15, 0.2) is 36.8 Å². The van der Waals surface area contributed by atoms with Gasteiger partial charge in [-0.05, 0) is 18.2 Å². The second kappa shape index (κ2) is 16.5. The molecule has 3 aromatic heterocycles. The number of nitrogens with zero attached hydrogens (tertiary/aromatic N) is 8. The minimum Gasteiger partial charge on any atom is -0.463 e. The van der Waals surface area contributed by atoms with E-state index in [1.807, 2.05) is 0 Å². The highest BCUT2D eigenvalue weighted by Gasteiger charge is 2.52. The second-order valence-electron chi connectivity index (χ2n) is 12.2. The number of aromatic nitrogens is 8. The summed E-state index contributed by atoms with van der Waals surface area (Å²) in [6.45, 7) is 3.45. The molecule has 0 radical (unpaired) electrons. The number of amides is 1. The highest BCUT2D eigenvalue weighted by molar-refractivity contribution is 8.00. The third-order valence-corrected chi connectivity index (χ3v) is 9.84. The number of hydrogen-bond acceptors (Lipinski definition) is 16. The van der Waals surface area contributed by atoms with Gasteiger partial charge in [-0.2, -0.15) is 0 Å². The quantitative estimate of drug-likeness (QED) is 0.164. The van der Waals surface area contributed by atoms with E-state index >= 15 is 0 Å². The molecule has 0 aliphatic carbocycles. The minimum atomic E-state index is -1.65. The van der Waals surface area contributed by atoms with Crippen LogP contribution in [0.2, 0.25) is 0 Å². The zero-order valence-electron chi connectivity index (χ0n) is 29.0. The summed E-state index contributed by atoms with van der Waals surface area (Å²) in [6.07, 6.45) is -0.148. The maximum Gasteiger partial charge on any atom is 0.303 e. The number of hydrogen-bond donors (Lipinski definition) is 2. The van der Waals surface area contributed by atoms with Crippen LogP contribution in [-0.2, 0) is 38.1 Å². The van der Waals surface area contributed by atoms with Crippen molar-refractivity contribution in [2.24, 2.45) is 0 Å². The Morgan fingerprint density at radius 3 is 2.39 bits per heavy atom. The Morgan fingerprint density at radius 1 is 1.00 bits per heavy atom. The van der Waals surface area contributed by atoms with Gasteiger partial charge in [0.2, 0.25) is 5.91 Å². The molecule has 1 aromatic carbocycles. The smallest absolute Gasteiger partial charge is 0.303 e. The van der Waals surface area contributed by atoms with Crippen LogP contribution < -0.4 is 5.32 Å². The molecule has 5 unspecified atom stereocenters. The first-order chi connectivity index (χ1) is 25.8. The summed E-state index contributed by atoms with van der Waals surface area (Å²) >= 11 is 1.13. The number of anilines is 1. The second-order valence-corrected chi connectivity index (χ2v) is 13.6. The first-order valence-electron chi connectivity index (χ1n) is 16.3. The minimum absolute atomic E-state index is 0.0464. The fourth-order valence-electron chi connectivity index (χ4n) is 6.03. The van der Waals surface area contributed by atoms with Crippen LogP contribution in [0.5, 0.6) is 0 Å². The topological polar surface area (TPSA) is 217 Å². The number of ether oxygens (including phenoxy) is 5. The lowest BCUT2D eigenvalue weighted by molar-refractivity contribution is -0.208. The normalized spacial score (nSPS) is 25.6. The molecule has 22 heteroatoms. The van der Waals surface area contributed by atoms with E-state index in [0.717, 1.165) is 30.8 Å². The van der Waals surface area contributed by atoms with E-state index in [4.69, 9.17) is 23.7 Å². The molecule has 2 fully saturated rings. The summed E-state index contributed by atoms with van der Waals surface area (Å²) in [5.41, 5.74) is -0.874. The van der Waals surface area contributed by atoms with Gasteiger partial charge in [0.25, 0.3) is 0 Å². The van der Waals surface area contributed by atoms with Crippen LogP contribution in [0.1, 0.15) is 32.9 Å². The Bertz CT molecular complexity index is 1980. The van der Waals surface area contributed by atoms with E-state index in [1.54, 1.807) is 0 Å². The van der Waals surface area contributed by atoms with Gasteiger partial charge in [-0.1, -0.05) is 10.4 Å². The van der Waals surface area contributed by atoms with Crippen molar-refractivity contribution in [2.45, 2.75) is 68.0 Å². The number of carbonyl (C=O) groups is 3. The molecule has 54 heavy (non-hydrogen) atoms. The van der Waals surface area contributed by atoms with Crippen molar-refractivity contribution in [2.75, 3.05) is 32.2 Å². The van der Waals surface area contributed by atoms with Crippen LogP contribution in [0.4, 0.5) is 19.0 Å². The molecule has 5 heterocycles. The number of benzene rings is 1. The van der Waals surface area contributed by atoms with Crippen molar-refractivity contribution in [3.63, 3.8) is 0 Å². The zero-order chi connectivity index (χ0) is 38.7. The molecule has 0 bridgehead atoms. The van der Waals surface area contributed by atoms with E-state index in [0.29, 0.717) is 0 Å². The number of rotatable bonds is 11. The predicted molar refractivity (Wildman–Crippen MR) is 179 cm³/mol. The summed E-state index contributed by atoms with van der Waals surface area (Å²) in [7, 11) is 1.37. The molecule has 2 aliphatic heterocycles. The molecule has 2 aliphatic rings. The summed E-state index contributed by atoms with van der Waals surface area (Å²) in [6, 6.07) is 1.24. The molecule has 2 saturated heterocycles. The number of aliphatic hydroxyl groups excluding tert-OH is 1. The maximum atomic E-state index is 14.1. The van der Waals surface area contributed by atoms with Gasteiger partial charge in [-0.25, -0.2) is 32.5 Å². The van der Waals surface area contributed by atoms with Crippen molar-refractivity contribution >= 4 is 35.4 Å². The highest BCUT2D eigenvalue weighted by Crippen LogP contribution is 2.42. The van der Waals surface area contributed by atoms with E-state index in [9.17, 15) is 32.7 Å². The van der Waals surface area contributed by atoms with Crippen molar-refractivity contribution in [1.82, 2.24) is 40.0 Å². The lowest BCUT2D eigenvalue weighted by atomic mass is 9.96. The Balaban J connectivity index is 1.28. The summed E-state index contributed by atoms with van der Waals surface area (Å²) in [5.74, 6) is -5.75. The fourth-order valence-corrected chi connectivity index (χ4v) is 7.53. The molecule has 8 atom stereocenters. The van der Waals surface area contributed by atoms with Crippen LogP contribution in [0.25, 0.3) is 22.8 Å². The number of methoxy groups -OCH3 is 1. The molecule has 0 saturated carbocycles. The molecule has 4 aromatic rings. The van der Waals surface area contributed by atoms with Crippen molar-refractivity contribution < 1.29 is 56.3 Å². The zero-order valence-corrected chi connectivity index (χ0v) is 29.9. The van der Waals surface area contributed by atoms with E-state index in [-0.39, 0.29) is 54.3 Å². The lowest BCUT2D eigenvalue weighted by Gasteiger charge is -2.46. The SMILES string of the molecule is COC1C(S[C@@H]2COC[C@H](n3cc(-c4nccc(NC(C)=O)n4)nn3)[C@H]2O)OC(COC(C)=O)C(OC(C)=O)C1n1cc(-c2cc(F)c(F)c(F)c2)nn1. The third-order valence-electron chi connectivity index (χ3n) is 8.43. The van der Waals surface area contributed by atoms with Crippen molar-refractivity contribution in [3.05, 3.63) is 54.2 Å². The van der Waals surface area contributed by atoms with Crippen LogP contribution in [0, 0.1) is 17.5 Å². The number of thioether (sulfide) groups is 1. The van der Waals surface area contributed by atoms with E-state index in [2.05, 4.69) is 35.9 Å². The monoisotopic (exact) mass is 777 g/mol. The number of halogens is 3. The predicted octanol–water partition coefficient (Wildman–Crippen LogP) is 1.88. The fraction of sp³-hybridized carbons (Fsp3) is 0.469. The standard InChI is InChI=1S/C32H34F3N9O9S/c1-14(45)37-25-5-6-36-31(38-25)21-10-43(41-40-21)22-11-50-13-24(28(22)48)54-32-30(49-4)27(29(52-16(3)47)23(53-32)12-51-15(2)46)44-9-20(39-42-44)17-7-18(33)26(35)19(34)8-17/h5-10,22-24,27-30,32,48H,11-13H2,1-4H3,(H,36,37,38,45)/t22-,23?,24+,27?,28+,29?,30?,32?/m0/s1. The Labute approximate surface area is 308 Å². The van der Waals surface area contributed by atoms with Gasteiger partial charge in [0, 0.05) is 39.6 Å². The molecular formula is C32H34F3N9O9S. The largest absolute Gasteiger partial charge is 0.463 e. The first-order valence-corrected chi connectivity index (χ1v) is 17.3.